The normalized spacial score (nSPS) is 10.4. The van der Waals surface area contributed by atoms with E-state index in [1.165, 1.54) is 58.7 Å². The SMILES string of the molecule is C[C](C)=[Ti+2].Cc1cc2c(-c3ccccc3)cccc2[cH-]1.Cc1cc2c(-c3ccccc3)cccc2[cH-]1. The van der Waals surface area contributed by atoms with Crippen molar-refractivity contribution in [3.8, 4) is 22.3 Å². The van der Waals surface area contributed by atoms with Crippen molar-refractivity contribution in [1.29, 1.82) is 0 Å². The standard InChI is InChI=1S/2C16H13.C3H6.Ti/c2*1-12-10-14-8-5-9-15(16(14)11-12)13-6-3-2-4-7-13;1-3-2;/h2*2-11H,1H3;1-2H3;/q2*-1;;+2. The van der Waals surface area contributed by atoms with E-state index in [1.807, 2.05) is 0 Å². The van der Waals surface area contributed by atoms with E-state index >= 15 is 0 Å². The summed E-state index contributed by atoms with van der Waals surface area (Å²) in [6, 6.07) is 43.1. The van der Waals surface area contributed by atoms with Crippen LogP contribution in [0.3, 0.4) is 0 Å². The summed E-state index contributed by atoms with van der Waals surface area (Å²) in [6.07, 6.45) is 0. The van der Waals surface area contributed by atoms with Crippen LogP contribution in [0.25, 0.3) is 43.8 Å². The minimum Gasteiger partial charge on any atom is -0.165 e. The number of aryl methyl sites for hydroxylation is 2. The first-order chi connectivity index (χ1) is 17.4. The number of hydrogen-bond acceptors (Lipinski definition) is 0. The van der Waals surface area contributed by atoms with Gasteiger partial charge in [0.05, 0.1) is 0 Å². The van der Waals surface area contributed by atoms with E-state index in [0.29, 0.717) is 0 Å². The van der Waals surface area contributed by atoms with E-state index in [2.05, 4.69) is 169 Å². The average Bonchev–Trinajstić information content (AvgIpc) is 3.45. The van der Waals surface area contributed by atoms with Crippen molar-refractivity contribution in [2.75, 3.05) is 0 Å². The Morgan fingerprint density at radius 1 is 0.528 bits per heavy atom. The van der Waals surface area contributed by atoms with Crippen LogP contribution in [0.15, 0.2) is 121 Å². The molecule has 0 atom stereocenters. The van der Waals surface area contributed by atoms with Gasteiger partial charge < -0.3 is 0 Å². The Kier molecular flexibility index (Phi) is 8.65. The van der Waals surface area contributed by atoms with Gasteiger partial charge in [-0.25, -0.2) is 0 Å². The third-order valence-corrected chi connectivity index (χ3v) is 5.96. The van der Waals surface area contributed by atoms with Crippen molar-refractivity contribution in [3.05, 3.63) is 132 Å². The topological polar surface area (TPSA) is 0 Å². The van der Waals surface area contributed by atoms with E-state index < -0.39 is 0 Å². The maximum atomic E-state index is 2.26. The monoisotopic (exact) mass is 500 g/mol. The largest absolute Gasteiger partial charge is 0.165 e. The summed E-state index contributed by atoms with van der Waals surface area (Å²) >= 11 is 2.08. The molecule has 0 aromatic heterocycles. The smallest absolute Gasteiger partial charge is 0.0279 e. The summed E-state index contributed by atoms with van der Waals surface area (Å²) in [5.41, 5.74) is 7.89. The fourth-order valence-corrected chi connectivity index (χ4v) is 4.51. The van der Waals surface area contributed by atoms with E-state index in [9.17, 15) is 0 Å². The predicted octanol–water partition coefficient (Wildman–Crippen LogP) is 9.81. The fourth-order valence-electron chi connectivity index (χ4n) is 4.51. The van der Waals surface area contributed by atoms with Crippen molar-refractivity contribution >= 4 is 25.4 Å². The Morgan fingerprint density at radius 3 is 1.25 bits per heavy atom. The summed E-state index contributed by atoms with van der Waals surface area (Å²) in [5, 5.41) is 5.37. The Bertz CT molecular complexity index is 1440. The molecule has 1 heteroatoms. The molecule has 0 saturated heterocycles. The van der Waals surface area contributed by atoms with Gasteiger partial charge in [-0.05, 0) is 11.1 Å². The molecular weight excluding hydrogens is 468 g/mol. The maximum Gasteiger partial charge on any atom is -0.0279 e. The molecule has 0 spiro atoms. The van der Waals surface area contributed by atoms with Gasteiger partial charge in [-0.15, -0.1) is 69.1 Å². The van der Waals surface area contributed by atoms with Gasteiger partial charge in [-0.1, -0.05) is 97.8 Å². The molecule has 0 aliphatic carbocycles. The van der Waals surface area contributed by atoms with Gasteiger partial charge in [0.25, 0.3) is 0 Å². The second-order valence-corrected chi connectivity index (χ2v) is 11.0. The molecule has 0 aliphatic heterocycles. The van der Waals surface area contributed by atoms with Crippen LogP contribution in [0.4, 0.5) is 0 Å². The predicted molar refractivity (Wildman–Crippen MR) is 156 cm³/mol. The van der Waals surface area contributed by atoms with Crippen LogP contribution >= 0.6 is 0 Å². The van der Waals surface area contributed by atoms with Crippen LogP contribution in [0.5, 0.6) is 0 Å². The van der Waals surface area contributed by atoms with Crippen molar-refractivity contribution in [3.63, 3.8) is 0 Å². The molecule has 176 valence electrons. The number of fused-ring (bicyclic) bond motifs is 2. The van der Waals surface area contributed by atoms with Crippen LogP contribution in [0.1, 0.15) is 25.0 Å². The van der Waals surface area contributed by atoms with Crippen molar-refractivity contribution < 1.29 is 20.0 Å². The molecule has 0 nitrogen and oxygen atoms in total. The second-order valence-electron chi connectivity index (χ2n) is 9.41. The summed E-state index contributed by atoms with van der Waals surface area (Å²) < 4.78 is 1.42. The molecule has 0 fully saturated rings. The van der Waals surface area contributed by atoms with Crippen LogP contribution < -0.4 is 0 Å². The first-order valence-electron chi connectivity index (χ1n) is 12.4. The van der Waals surface area contributed by atoms with Crippen LogP contribution in [0, 0.1) is 13.8 Å². The molecule has 6 rings (SSSR count). The van der Waals surface area contributed by atoms with Gasteiger partial charge in [-0.3, -0.25) is 0 Å². The van der Waals surface area contributed by atoms with Gasteiger partial charge in [0.1, 0.15) is 0 Å². The van der Waals surface area contributed by atoms with Crippen LogP contribution in [0.2, 0.25) is 0 Å². The van der Waals surface area contributed by atoms with E-state index in [0.717, 1.165) is 0 Å². The summed E-state index contributed by atoms with van der Waals surface area (Å²) in [4.78, 5) is 0. The first-order valence-corrected chi connectivity index (χ1v) is 13.1. The molecule has 36 heavy (non-hydrogen) atoms. The average molecular weight is 501 g/mol. The number of rotatable bonds is 2. The number of benzene rings is 4. The Balaban J connectivity index is 0.000000148. The second kappa shape index (κ2) is 12.1. The summed E-state index contributed by atoms with van der Waals surface area (Å²) in [5.74, 6) is 0. The minimum atomic E-state index is 1.29. The molecule has 0 radical (unpaired) electrons. The van der Waals surface area contributed by atoms with Gasteiger partial charge in [-0.2, -0.15) is 12.1 Å². The Morgan fingerprint density at radius 2 is 0.889 bits per heavy atom. The minimum absolute atomic E-state index is 1.29. The van der Waals surface area contributed by atoms with Crippen molar-refractivity contribution in [2.45, 2.75) is 27.7 Å². The molecule has 0 saturated carbocycles. The summed E-state index contributed by atoms with van der Waals surface area (Å²) in [7, 11) is 0. The molecule has 0 unspecified atom stereocenters. The van der Waals surface area contributed by atoms with E-state index in [-0.39, 0.29) is 0 Å². The quantitative estimate of drug-likeness (QED) is 0.164. The fraction of sp³-hybridized carbons (Fsp3) is 0.114. The molecule has 0 aliphatic rings. The molecule has 6 aromatic carbocycles. The maximum absolute atomic E-state index is 2.26. The van der Waals surface area contributed by atoms with E-state index in [1.54, 1.807) is 0 Å². The molecule has 6 aromatic rings. The van der Waals surface area contributed by atoms with Crippen LogP contribution in [-0.4, -0.2) is 3.81 Å². The summed E-state index contributed by atoms with van der Waals surface area (Å²) in [6.45, 7) is 8.46. The Labute approximate surface area is 226 Å². The zero-order chi connectivity index (χ0) is 25.5. The van der Waals surface area contributed by atoms with E-state index in [4.69, 9.17) is 0 Å². The number of hydrogen-bond donors (Lipinski definition) is 0. The molecule has 0 bridgehead atoms. The van der Waals surface area contributed by atoms with Gasteiger partial charge in [0, 0.05) is 0 Å². The van der Waals surface area contributed by atoms with Gasteiger partial charge in [0.15, 0.2) is 0 Å². The first kappa shape index (κ1) is 25.8. The zero-order valence-electron chi connectivity index (χ0n) is 21.5. The third-order valence-electron chi connectivity index (χ3n) is 5.96. The molecule has 0 amide bonds. The van der Waals surface area contributed by atoms with Crippen molar-refractivity contribution in [1.82, 2.24) is 0 Å². The van der Waals surface area contributed by atoms with Crippen molar-refractivity contribution in [2.24, 2.45) is 0 Å². The zero-order valence-corrected chi connectivity index (χ0v) is 23.1. The molecule has 0 N–H and O–H groups in total. The van der Waals surface area contributed by atoms with Gasteiger partial charge in [0.2, 0.25) is 0 Å². The van der Waals surface area contributed by atoms with Crippen LogP contribution in [-0.2, 0) is 20.0 Å². The third kappa shape index (κ3) is 6.46. The van der Waals surface area contributed by atoms with Gasteiger partial charge >= 0.3 is 37.6 Å². The Hall–Kier alpha value is -3.32. The molecular formula is C35H32Ti. The molecule has 0 heterocycles.